The number of halogens is 1. The largest absolute Gasteiger partial charge is 0.478 e. The Balaban J connectivity index is 1.66. The van der Waals surface area contributed by atoms with E-state index in [-0.39, 0.29) is 17.7 Å². The zero-order valence-corrected chi connectivity index (χ0v) is 14.4. The number of carboxylic acid groups (broad SMARTS) is 1. The van der Waals surface area contributed by atoms with E-state index in [9.17, 15) is 14.0 Å². The van der Waals surface area contributed by atoms with Gasteiger partial charge in [-0.3, -0.25) is 4.79 Å². The molecule has 3 rings (SSSR count). The molecule has 0 saturated carbocycles. The molecule has 5 heteroatoms. The molecule has 4 nitrogen and oxygen atoms in total. The number of carbonyl (C=O) groups excluding carboxylic acids is 1. The minimum absolute atomic E-state index is 0.0257. The fourth-order valence-electron chi connectivity index (χ4n) is 2.77. The molecular weight excluding hydrogens is 345 g/mol. The maximum absolute atomic E-state index is 14.9. The summed E-state index contributed by atoms with van der Waals surface area (Å²) in [6, 6.07) is 15.7. The number of allylic oxidation sites excluding steroid dienone is 5. The molecule has 0 bridgehead atoms. The summed E-state index contributed by atoms with van der Waals surface area (Å²) in [4.78, 5) is 23.2. The molecular formula is C22H18FNO3. The van der Waals surface area contributed by atoms with Gasteiger partial charge in [0.1, 0.15) is 0 Å². The Hall–Kier alpha value is -3.47. The van der Waals surface area contributed by atoms with E-state index in [0.29, 0.717) is 0 Å². The molecule has 0 heterocycles. The summed E-state index contributed by atoms with van der Waals surface area (Å²) < 4.78 is 14.9. The molecule has 27 heavy (non-hydrogen) atoms. The monoisotopic (exact) mass is 363 g/mol. The fourth-order valence-corrected chi connectivity index (χ4v) is 2.77. The predicted octanol–water partition coefficient (Wildman–Crippen LogP) is 4.63. The number of para-hydroxylation sites is 1. The van der Waals surface area contributed by atoms with Crippen molar-refractivity contribution in [3.05, 3.63) is 96.1 Å². The zero-order chi connectivity index (χ0) is 19.3. The van der Waals surface area contributed by atoms with Crippen molar-refractivity contribution in [2.75, 3.05) is 5.32 Å². The molecule has 2 aromatic rings. The van der Waals surface area contributed by atoms with Gasteiger partial charge in [-0.2, -0.15) is 0 Å². The first kappa shape index (κ1) is 18.3. The number of carbonyl (C=O) groups is 2. The van der Waals surface area contributed by atoms with Crippen LogP contribution in [0.2, 0.25) is 0 Å². The lowest BCUT2D eigenvalue weighted by atomic mass is 9.90. The highest BCUT2D eigenvalue weighted by atomic mass is 19.1. The van der Waals surface area contributed by atoms with E-state index in [1.165, 1.54) is 24.3 Å². The van der Waals surface area contributed by atoms with Gasteiger partial charge in [-0.05, 0) is 35.4 Å². The number of benzene rings is 2. The van der Waals surface area contributed by atoms with Gasteiger partial charge >= 0.3 is 5.97 Å². The van der Waals surface area contributed by atoms with Gasteiger partial charge in [0.05, 0.1) is 11.3 Å². The van der Waals surface area contributed by atoms with E-state index in [4.69, 9.17) is 5.11 Å². The lowest BCUT2D eigenvalue weighted by molar-refractivity contribution is -0.112. The van der Waals surface area contributed by atoms with Gasteiger partial charge in [-0.1, -0.05) is 54.6 Å². The Morgan fingerprint density at radius 3 is 2.44 bits per heavy atom. The SMILES string of the molecule is O=C(/C=C/C1(F)C=CC(c2ccccc2)=CC1)Nc1ccccc1C(=O)O. The first-order chi connectivity index (χ1) is 13.0. The second kappa shape index (κ2) is 7.83. The van der Waals surface area contributed by atoms with Crippen molar-refractivity contribution in [1.29, 1.82) is 0 Å². The normalized spacial score (nSPS) is 18.9. The van der Waals surface area contributed by atoms with Gasteiger partial charge in [0, 0.05) is 12.5 Å². The summed E-state index contributed by atoms with van der Waals surface area (Å²) in [6.45, 7) is 0. The average molecular weight is 363 g/mol. The maximum Gasteiger partial charge on any atom is 0.337 e. The number of carboxylic acids is 1. The molecule has 1 atom stereocenters. The van der Waals surface area contributed by atoms with Crippen molar-refractivity contribution < 1.29 is 19.1 Å². The summed E-state index contributed by atoms with van der Waals surface area (Å²) in [5.74, 6) is -1.74. The molecule has 0 fully saturated rings. The van der Waals surface area contributed by atoms with E-state index in [1.807, 2.05) is 30.3 Å². The molecule has 136 valence electrons. The first-order valence-electron chi connectivity index (χ1n) is 8.43. The van der Waals surface area contributed by atoms with Gasteiger partial charge in [-0.15, -0.1) is 0 Å². The molecule has 2 N–H and O–H groups in total. The molecule has 0 spiro atoms. The maximum atomic E-state index is 14.9. The highest BCUT2D eigenvalue weighted by Crippen LogP contribution is 2.30. The van der Waals surface area contributed by atoms with E-state index in [2.05, 4.69) is 5.32 Å². The van der Waals surface area contributed by atoms with Crippen LogP contribution in [-0.4, -0.2) is 22.7 Å². The molecule has 2 aromatic carbocycles. The number of aromatic carboxylic acids is 1. The van der Waals surface area contributed by atoms with Gasteiger partial charge in [0.2, 0.25) is 5.91 Å². The van der Waals surface area contributed by atoms with Crippen LogP contribution < -0.4 is 5.32 Å². The standard InChI is InChI=1S/C22H18FNO3/c23-22(13-10-17(11-14-22)16-6-2-1-3-7-16)15-12-20(25)24-19-9-5-4-8-18(19)21(26)27/h1-13,15H,14H2,(H,24,25)(H,26,27)/b15-12+. The third-order valence-corrected chi connectivity index (χ3v) is 4.21. The lowest BCUT2D eigenvalue weighted by Gasteiger charge is -2.20. The lowest BCUT2D eigenvalue weighted by Crippen LogP contribution is -2.19. The number of amides is 1. The van der Waals surface area contributed by atoms with Crippen LogP contribution in [0, 0.1) is 0 Å². The van der Waals surface area contributed by atoms with E-state index in [0.717, 1.165) is 17.2 Å². The molecule has 1 aliphatic rings. The summed E-state index contributed by atoms with van der Waals surface area (Å²) in [7, 11) is 0. The van der Waals surface area contributed by atoms with E-state index >= 15 is 0 Å². The predicted molar refractivity (Wildman–Crippen MR) is 103 cm³/mol. The molecule has 1 unspecified atom stereocenters. The topological polar surface area (TPSA) is 66.4 Å². The molecule has 0 aromatic heterocycles. The summed E-state index contributed by atoms with van der Waals surface area (Å²) in [5, 5.41) is 11.6. The number of alkyl halides is 1. The fraction of sp³-hybridized carbons (Fsp3) is 0.0909. The zero-order valence-electron chi connectivity index (χ0n) is 14.4. The Morgan fingerprint density at radius 1 is 1.07 bits per heavy atom. The Labute approximate surface area is 156 Å². The molecule has 1 aliphatic carbocycles. The van der Waals surface area contributed by atoms with Crippen molar-refractivity contribution in [2.24, 2.45) is 0 Å². The Bertz CT molecular complexity index is 947. The highest BCUT2D eigenvalue weighted by Gasteiger charge is 2.25. The number of hydrogen-bond donors (Lipinski definition) is 2. The van der Waals surface area contributed by atoms with Gasteiger partial charge in [0.15, 0.2) is 5.67 Å². The molecule has 1 amide bonds. The van der Waals surface area contributed by atoms with Crippen LogP contribution in [-0.2, 0) is 4.79 Å². The van der Waals surface area contributed by atoms with Gasteiger partial charge < -0.3 is 10.4 Å². The number of anilines is 1. The summed E-state index contributed by atoms with van der Waals surface area (Å²) in [5.41, 5.74) is 0.308. The van der Waals surface area contributed by atoms with Crippen molar-refractivity contribution in [3.63, 3.8) is 0 Å². The quantitative estimate of drug-likeness (QED) is 0.761. The Kier molecular flexibility index (Phi) is 5.31. The van der Waals surface area contributed by atoms with Crippen molar-refractivity contribution in [1.82, 2.24) is 0 Å². The Morgan fingerprint density at radius 2 is 1.78 bits per heavy atom. The molecule has 0 radical (unpaired) electrons. The van der Waals surface area contributed by atoms with Crippen LogP contribution in [0.5, 0.6) is 0 Å². The van der Waals surface area contributed by atoms with E-state index < -0.39 is 17.5 Å². The highest BCUT2D eigenvalue weighted by molar-refractivity contribution is 6.04. The van der Waals surface area contributed by atoms with Crippen LogP contribution in [0.4, 0.5) is 10.1 Å². The third-order valence-electron chi connectivity index (χ3n) is 4.21. The number of hydrogen-bond acceptors (Lipinski definition) is 2. The van der Waals surface area contributed by atoms with Crippen molar-refractivity contribution >= 4 is 23.1 Å². The van der Waals surface area contributed by atoms with Crippen LogP contribution in [0.15, 0.2) is 85.0 Å². The second-order valence-electron chi connectivity index (χ2n) is 6.16. The smallest absolute Gasteiger partial charge is 0.337 e. The minimum Gasteiger partial charge on any atom is -0.478 e. The number of rotatable bonds is 5. The number of nitrogens with one attached hydrogen (secondary N) is 1. The molecule has 0 aliphatic heterocycles. The van der Waals surface area contributed by atoms with Crippen molar-refractivity contribution in [2.45, 2.75) is 12.1 Å². The van der Waals surface area contributed by atoms with E-state index in [1.54, 1.807) is 24.3 Å². The van der Waals surface area contributed by atoms with Gasteiger partial charge in [-0.25, -0.2) is 9.18 Å². The van der Waals surface area contributed by atoms with Crippen LogP contribution in [0.25, 0.3) is 5.57 Å². The molecule has 0 saturated heterocycles. The summed E-state index contributed by atoms with van der Waals surface area (Å²) in [6.07, 6.45) is 7.29. The third kappa shape index (κ3) is 4.58. The first-order valence-corrected chi connectivity index (χ1v) is 8.43. The van der Waals surface area contributed by atoms with Crippen LogP contribution >= 0.6 is 0 Å². The summed E-state index contributed by atoms with van der Waals surface area (Å²) >= 11 is 0. The van der Waals surface area contributed by atoms with Crippen molar-refractivity contribution in [3.8, 4) is 0 Å². The van der Waals surface area contributed by atoms with Gasteiger partial charge in [0.25, 0.3) is 0 Å². The minimum atomic E-state index is -1.76. The average Bonchev–Trinajstić information content (AvgIpc) is 2.68. The van der Waals surface area contributed by atoms with Crippen LogP contribution in [0.3, 0.4) is 0 Å². The van der Waals surface area contributed by atoms with Crippen LogP contribution in [0.1, 0.15) is 22.3 Å². The second-order valence-corrected chi connectivity index (χ2v) is 6.16.